The van der Waals surface area contributed by atoms with Crippen molar-refractivity contribution >= 4 is 0 Å². The van der Waals surface area contributed by atoms with E-state index in [1.54, 1.807) is 6.07 Å². The fourth-order valence-corrected chi connectivity index (χ4v) is 2.31. The molecule has 1 aromatic carbocycles. The summed E-state index contributed by atoms with van der Waals surface area (Å²) in [6, 6.07) is 4.41. The van der Waals surface area contributed by atoms with E-state index in [2.05, 4.69) is 5.32 Å². The Morgan fingerprint density at radius 1 is 1.35 bits per heavy atom. The predicted octanol–water partition coefficient (Wildman–Crippen LogP) is 1.78. The Labute approximate surface area is 100 Å². The minimum Gasteiger partial charge on any atom is -0.505 e. The van der Waals surface area contributed by atoms with Crippen molar-refractivity contribution in [3.63, 3.8) is 0 Å². The molecule has 1 aromatic rings. The van der Waals surface area contributed by atoms with Gasteiger partial charge in [0.25, 0.3) is 0 Å². The minimum absolute atomic E-state index is 0.145. The highest BCUT2D eigenvalue weighted by atomic mass is 19.1. The van der Waals surface area contributed by atoms with E-state index < -0.39 is 5.82 Å². The number of phenols is 1. The fourth-order valence-electron chi connectivity index (χ4n) is 2.31. The van der Waals surface area contributed by atoms with Gasteiger partial charge in [-0.3, -0.25) is 0 Å². The molecule has 0 saturated heterocycles. The molecule has 1 aliphatic rings. The maximum Gasteiger partial charge on any atom is 0.165 e. The lowest BCUT2D eigenvalue weighted by molar-refractivity contribution is 0.177. The van der Waals surface area contributed by atoms with Gasteiger partial charge in [0.2, 0.25) is 0 Å². The molecule has 1 saturated carbocycles. The molecule has 0 bridgehead atoms. The second kappa shape index (κ2) is 5.47. The van der Waals surface area contributed by atoms with Crippen molar-refractivity contribution in [1.29, 1.82) is 0 Å². The van der Waals surface area contributed by atoms with Gasteiger partial charge in [0.15, 0.2) is 11.6 Å². The quantitative estimate of drug-likeness (QED) is 0.750. The van der Waals surface area contributed by atoms with Crippen LogP contribution in [0.25, 0.3) is 0 Å². The number of rotatable bonds is 4. The normalized spacial score (nSPS) is 24.1. The van der Waals surface area contributed by atoms with Crippen LogP contribution in [0, 0.1) is 11.7 Å². The lowest BCUT2D eigenvalue weighted by Gasteiger charge is -2.11. The van der Waals surface area contributed by atoms with Gasteiger partial charge in [-0.1, -0.05) is 6.07 Å². The summed E-state index contributed by atoms with van der Waals surface area (Å²) < 4.78 is 13.0. The van der Waals surface area contributed by atoms with Crippen molar-refractivity contribution < 1.29 is 14.6 Å². The molecule has 3 N–H and O–H groups in total. The zero-order valence-corrected chi connectivity index (χ0v) is 9.69. The molecule has 1 fully saturated rings. The van der Waals surface area contributed by atoms with Crippen LogP contribution in [-0.4, -0.2) is 22.9 Å². The lowest BCUT2D eigenvalue weighted by Crippen LogP contribution is -2.21. The molecule has 0 heterocycles. The van der Waals surface area contributed by atoms with Crippen molar-refractivity contribution in [2.24, 2.45) is 5.92 Å². The van der Waals surface area contributed by atoms with E-state index in [0.717, 1.165) is 31.4 Å². The smallest absolute Gasteiger partial charge is 0.165 e. The van der Waals surface area contributed by atoms with Gasteiger partial charge in [0, 0.05) is 6.54 Å². The van der Waals surface area contributed by atoms with E-state index in [4.69, 9.17) is 5.11 Å². The van der Waals surface area contributed by atoms with Gasteiger partial charge in [0.1, 0.15) is 0 Å². The highest BCUT2D eigenvalue weighted by Crippen LogP contribution is 2.24. The van der Waals surface area contributed by atoms with Crippen molar-refractivity contribution in [3.8, 4) is 5.75 Å². The number of aromatic hydroxyl groups is 1. The SMILES string of the molecule is Oc1ccc(CNCC2CCC(O)C2)cc1F. The van der Waals surface area contributed by atoms with Crippen LogP contribution >= 0.6 is 0 Å². The Bertz CT molecular complexity index is 384. The summed E-state index contributed by atoms with van der Waals surface area (Å²) in [5, 5.41) is 21.7. The Morgan fingerprint density at radius 2 is 2.18 bits per heavy atom. The van der Waals surface area contributed by atoms with Crippen LogP contribution in [0.3, 0.4) is 0 Å². The van der Waals surface area contributed by atoms with Crippen LogP contribution in [0.1, 0.15) is 24.8 Å². The molecule has 0 spiro atoms. The Morgan fingerprint density at radius 3 is 2.82 bits per heavy atom. The summed E-state index contributed by atoms with van der Waals surface area (Å²) in [5.41, 5.74) is 0.818. The van der Waals surface area contributed by atoms with E-state index in [0.29, 0.717) is 12.5 Å². The summed E-state index contributed by atoms with van der Waals surface area (Å²) in [7, 11) is 0. The second-order valence-corrected chi connectivity index (χ2v) is 4.75. The number of phenolic OH excluding ortho intramolecular Hbond substituents is 1. The molecule has 1 aliphatic carbocycles. The standard InChI is InChI=1S/C13H18FNO2/c14-12-6-10(2-4-13(12)17)8-15-7-9-1-3-11(16)5-9/h2,4,6,9,11,15-17H,1,3,5,7-8H2. The van der Waals surface area contributed by atoms with Crippen LogP contribution in [0.2, 0.25) is 0 Å². The Kier molecular flexibility index (Phi) is 3.97. The Balaban J connectivity index is 1.76. The topological polar surface area (TPSA) is 52.5 Å². The molecular formula is C13H18FNO2. The second-order valence-electron chi connectivity index (χ2n) is 4.75. The molecule has 17 heavy (non-hydrogen) atoms. The van der Waals surface area contributed by atoms with Crippen LogP contribution in [0.4, 0.5) is 4.39 Å². The first-order valence-corrected chi connectivity index (χ1v) is 6.01. The maximum atomic E-state index is 13.0. The first-order chi connectivity index (χ1) is 8.15. The monoisotopic (exact) mass is 239 g/mol. The number of aliphatic hydroxyl groups is 1. The highest BCUT2D eigenvalue weighted by molar-refractivity contribution is 5.27. The van der Waals surface area contributed by atoms with E-state index in [9.17, 15) is 9.50 Å². The molecule has 0 radical (unpaired) electrons. The molecule has 4 heteroatoms. The Hall–Kier alpha value is -1.13. The summed E-state index contributed by atoms with van der Waals surface area (Å²) in [6.45, 7) is 1.43. The van der Waals surface area contributed by atoms with E-state index in [1.807, 2.05) is 0 Å². The number of nitrogens with one attached hydrogen (secondary N) is 1. The number of hydrogen-bond donors (Lipinski definition) is 3. The van der Waals surface area contributed by atoms with Crippen molar-refractivity contribution in [2.45, 2.75) is 31.9 Å². The van der Waals surface area contributed by atoms with Gasteiger partial charge in [0.05, 0.1) is 6.10 Å². The maximum absolute atomic E-state index is 13.0. The summed E-state index contributed by atoms with van der Waals surface area (Å²) >= 11 is 0. The van der Waals surface area contributed by atoms with Crippen LogP contribution < -0.4 is 5.32 Å². The fraction of sp³-hybridized carbons (Fsp3) is 0.538. The third kappa shape index (κ3) is 3.41. The molecule has 0 amide bonds. The molecule has 2 atom stereocenters. The van der Waals surface area contributed by atoms with Crippen LogP contribution in [0.15, 0.2) is 18.2 Å². The molecule has 0 aromatic heterocycles. The number of hydrogen-bond acceptors (Lipinski definition) is 3. The van der Waals surface area contributed by atoms with Gasteiger partial charge in [-0.15, -0.1) is 0 Å². The summed E-state index contributed by atoms with van der Waals surface area (Å²) in [4.78, 5) is 0. The van der Waals surface area contributed by atoms with Gasteiger partial charge < -0.3 is 15.5 Å². The first kappa shape index (κ1) is 12.3. The largest absolute Gasteiger partial charge is 0.505 e. The number of halogens is 1. The van der Waals surface area contributed by atoms with Gasteiger partial charge in [-0.05, 0) is 49.4 Å². The average molecular weight is 239 g/mol. The zero-order valence-electron chi connectivity index (χ0n) is 9.69. The molecule has 3 nitrogen and oxygen atoms in total. The minimum atomic E-state index is -0.583. The average Bonchev–Trinajstić information content (AvgIpc) is 2.70. The van der Waals surface area contributed by atoms with Crippen molar-refractivity contribution in [3.05, 3.63) is 29.6 Å². The van der Waals surface area contributed by atoms with E-state index in [1.165, 1.54) is 12.1 Å². The van der Waals surface area contributed by atoms with Crippen molar-refractivity contribution in [1.82, 2.24) is 5.32 Å². The predicted molar refractivity (Wildman–Crippen MR) is 63.1 cm³/mol. The third-order valence-electron chi connectivity index (χ3n) is 3.29. The lowest BCUT2D eigenvalue weighted by atomic mass is 10.1. The van der Waals surface area contributed by atoms with Gasteiger partial charge in [-0.2, -0.15) is 0 Å². The van der Waals surface area contributed by atoms with E-state index >= 15 is 0 Å². The highest BCUT2D eigenvalue weighted by Gasteiger charge is 2.21. The molecule has 0 aliphatic heterocycles. The molecule has 2 unspecified atom stereocenters. The summed E-state index contributed by atoms with van der Waals surface area (Å²) in [5.74, 6) is -0.375. The van der Waals surface area contributed by atoms with Gasteiger partial charge in [-0.25, -0.2) is 4.39 Å². The molecular weight excluding hydrogens is 221 g/mol. The van der Waals surface area contributed by atoms with Crippen LogP contribution in [0.5, 0.6) is 5.75 Å². The van der Waals surface area contributed by atoms with E-state index in [-0.39, 0.29) is 11.9 Å². The molecule has 94 valence electrons. The zero-order chi connectivity index (χ0) is 12.3. The van der Waals surface area contributed by atoms with Gasteiger partial charge >= 0.3 is 0 Å². The number of aliphatic hydroxyl groups excluding tert-OH is 1. The third-order valence-corrected chi connectivity index (χ3v) is 3.29. The van der Waals surface area contributed by atoms with Crippen molar-refractivity contribution in [2.75, 3.05) is 6.54 Å². The molecule has 2 rings (SSSR count). The first-order valence-electron chi connectivity index (χ1n) is 6.01. The number of benzene rings is 1. The summed E-state index contributed by atoms with van der Waals surface area (Å²) in [6.07, 6.45) is 2.66. The van der Waals surface area contributed by atoms with Crippen LogP contribution in [-0.2, 0) is 6.54 Å².